The van der Waals surface area contributed by atoms with Gasteiger partial charge >= 0.3 is 0 Å². The average Bonchev–Trinajstić information content (AvgIpc) is 3.04. The van der Waals surface area contributed by atoms with Crippen LogP contribution in [-0.4, -0.2) is 32.9 Å². The Morgan fingerprint density at radius 1 is 1.32 bits per heavy atom. The van der Waals surface area contributed by atoms with Gasteiger partial charge in [0.05, 0.1) is 4.91 Å². The number of H-pyrrole nitrogens is 1. The Morgan fingerprint density at radius 3 is 2.95 bits per heavy atom. The van der Waals surface area contributed by atoms with Crippen LogP contribution in [0.15, 0.2) is 35.4 Å². The number of para-hydroxylation sites is 1. The second kappa shape index (κ2) is 6.46. The monoisotopic (exact) mass is 330 g/mol. The number of amides is 1. The number of rotatable bonds is 5. The molecule has 1 amide bonds. The highest BCUT2D eigenvalue weighted by Gasteiger charge is 2.31. The van der Waals surface area contributed by atoms with Crippen LogP contribution in [0.3, 0.4) is 0 Å². The van der Waals surface area contributed by atoms with Gasteiger partial charge in [-0.15, -0.1) is 0 Å². The molecule has 1 aliphatic rings. The van der Waals surface area contributed by atoms with Gasteiger partial charge in [0.15, 0.2) is 0 Å². The second-order valence-electron chi connectivity index (χ2n) is 4.93. The first-order valence-electron chi connectivity index (χ1n) is 6.96. The Hall–Kier alpha value is -1.92. The third kappa shape index (κ3) is 2.84. The maximum absolute atomic E-state index is 12.4. The summed E-state index contributed by atoms with van der Waals surface area (Å²) in [6.07, 6.45) is 5.70. The number of aromatic amines is 1. The van der Waals surface area contributed by atoms with Crippen molar-refractivity contribution >= 4 is 57.5 Å². The first kappa shape index (κ1) is 15.0. The van der Waals surface area contributed by atoms with Gasteiger partial charge in [-0.1, -0.05) is 42.2 Å². The quantitative estimate of drug-likeness (QED) is 0.395. The largest absolute Gasteiger partial charge is 0.361 e. The van der Waals surface area contributed by atoms with Gasteiger partial charge in [-0.25, -0.2) is 0 Å². The summed E-state index contributed by atoms with van der Waals surface area (Å²) in [6.45, 7) is 0.495. The molecule has 4 nitrogen and oxygen atoms in total. The van der Waals surface area contributed by atoms with Crippen LogP contribution in [0, 0.1) is 0 Å². The molecular weight excluding hydrogens is 316 g/mol. The van der Waals surface area contributed by atoms with Crippen molar-refractivity contribution in [1.82, 2.24) is 9.88 Å². The van der Waals surface area contributed by atoms with E-state index >= 15 is 0 Å². The fourth-order valence-corrected chi connectivity index (χ4v) is 3.68. The second-order valence-corrected chi connectivity index (χ2v) is 6.61. The van der Waals surface area contributed by atoms with Crippen LogP contribution in [0.1, 0.15) is 18.4 Å². The number of thioether (sulfide) groups is 1. The third-order valence-electron chi connectivity index (χ3n) is 3.49. The molecule has 1 aliphatic heterocycles. The summed E-state index contributed by atoms with van der Waals surface area (Å²) in [6, 6.07) is 7.95. The van der Waals surface area contributed by atoms with Gasteiger partial charge in [-0.2, -0.15) is 0 Å². The molecule has 0 aliphatic carbocycles. The lowest BCUT2D eigenvalue weighted by Crippen LogP contribution is -2.29. The number of fused-ring (bicyclic) bond motifs is 1. The van der Waals surface area contributed by atoms with Crippen LogP contribution in [0.2, 0.25) is 0 Å². The van der Waals surface area contributed by atoms with E-state index in [0.29, 0.717) is 28.6 Å². The fourth-order valence-electron chi connectivity index (χ4n) is 2.38. The normalized spacial score (nSPS) is 16.9. The van der Waals surface area contributed by atoms with Crippen molar-refractivity contribution in [3.05, 3.63) is 40.9 Å². The molecule has 3 rings (SSSR count). The SMILES string of the molecule is O=CCCCN1C(=O)/C(=C/c2c[nH]c3ccccc23)SC1=S. The summed E-state index contributed by atoms with van der Waals surface area (Å²) >= 11 is 6.58. The summed E-state index contributed by atoms with van der Waals surface area (Å²) in [4.78, 5) is 28.2. The van der Waals surface area contributed by atoms with Crippen LogP contribution in [-0.2, 0) is 9.59 Å². The van der Waals surface area contributed by atoms with E-state index in [2.05, 4.69) is 4.98 Å². The Kier molecular flexibility index (Phi) is 4.40. The van der Waals surface area contributed by atoms with Crippen LogP contribution < -0.4 is 0 Å². The van der Waals surface area contributed by atoms with Gasteiger partial charge in [0, 0.05) is 35.6 Å². The molecule has 1 saturated heterocycles. The number of benzene rings is 1. The van der Waals surface area contributed by atoms with E-state index in [1.807, 2.05) is 36.5 Å². The van der Waals surface area contributed by atoms with Crippen molar-refractivity contribution in [2.45, 2.75) is 12.8 Å². The molecule has 0 spiro atoms. The summed E-state index contributed by atoms with van der Waals surface area (Å²) in [5, 5.41) is 1.08. The fraction of sp³-hybridized carbons (Fsp3) is 0.188. The van der Waals surface area contributed by atoms with Gasteiger partial charge in [0.1, 0.15) is 10.6 Å². The van der Waals surface area contributed by atoms with E-state index in [0.717, 1.165) is 22.8 Å². The van der Waals surface area contributed by atoms with Crippen molar-refractivity contribution in [3.8, 4) is 0 Å². The average molecular weight is 330 g/mol. The number of thiocarbonyl (C=S) groups is 1. The Morgan fingerprint density at radius 2 is 2.14 bits per heavy atom. The van der Waals surface area contributed by atoms with E-state index in [1.54, 1.807) is 4.90 Å². The third-order valence-corrected chi connectivity index (χ3v) is 4.86. The molecule has 0 unspecified atom stereocenters. The van der Waals surface area contributed by atoms with Gasteiger partial charge < -0.3 is 9.78 Å². The zero-order valence-electron chi connectivity index (χ0n) is 11.7. The van der Waals surface area contributed by atoms with Crippen LogP contribution >= 0.6 is 24.0 Å². The van der Waals surface area contributed by atoms with E-state index in [9.17, 15) is 9.59 Å². The number of hydrogen-bond donors (Lipinski definition) is 1. The van der Waals surface area contributed by atoms with Crippen LogP contribution in [0.5, 0.6) is 0 Å². The smallest absolute Gasteiger partial charge is 0.266 e. The Labute approximate surface area is 137 Å². The highest BCUT2D eigenvalue weighted by atomic mass is 32.2. The molecule has 0 bridgehead atoms. The van der Waals surface area contributed by atoms with Gasteiger partial charge in [0.2, 0.25) is 0 Å². The number of carbonyl (C=O) groups excluding carboxylic acids is 2. The lowest BCUT2D eigenvalue weighted by atomic mass is 10.1. The predicted molar refractivity (Wildman–Crippen MR) is 93.5 cm³/mol. The summed E-state index contributed by atoms with van der Waals surface area (Å²) in [5.41, 5.74) is 2.01. The maximum atomic E-state index is 12.4. The van der Waals surface area contributed by atoms with Crippen molar-refractivity contribution in [1.29, 1.82) is 0 Å². The molecule has 1 aromatic heterocycles. The highest BCUT2D eigenvalue weighted by Crippen LogP contribution is 2.33. The highest BCUT2D eigenvalue weighted by molar-refractivity contribution is 8.26. The van der Waals surface area contributed by atoms with Gasteiger partial charge in [-0.3, -0.25) is 9.69 Å². The number of unbranched alkanes of at least 4 members (excludes halogenated alkanes) is 1. The minimum Gasteiger partial charge on any atom is -0.361 e. The van der Waals surface area contributed by atoms with Crippen LogP contribution in [0.25, 0.3) is 17.0 Å². The Balaban J connectivity index is 1.84. The van der Waals surface area contributed by atoms with Crippen molar-refractivity contribution in [2.24, 2.45) is 0 Å². The summed E-state index contributed by atoms with van der Waals surface area (Å²) in [5.74, 6) is -0.0776. The van der Waals surface area contributed by atoms with E-state index in [1.165, 1.54) is 11.8 Å². The number of aldehydes is 1. The molecular formula is C16H14N2O2S2. The van der Waals surface area contributed by atoms with Gasteiger partial charge in [0.25, 0.3) is 5.91 Å². The molecule has 0 saturated carbocycles. The number of nitrogens with zero attached hydrogens (tertiary/aromatic N) is 1. The molecule has 22 heavy (non-hydrogen) atoms. The Bertz CT molecular complexity index is 779. The molecule has 0 atom stereocenters. The van der Waals surface area contributed by atoms with Crippen molar-refractivity contribution < 1.29 is 9.59 Å². The molecule has 2 heterocycles. The molecule has 1 fully saturated rings. The molecule has 0 radical (unpaired) electrons. The lowest BCUT2D eigenvalue weighted by molar-refractivity contribution is -0.122. The topological polar surface area (TPSA) is 53.2 Å². The lowest BCUT2D eigenvalue weighted by Gasteiger charge is -2.12. The van der Waals surface area contributed by atoms with Gasteiger partial charge in [-0.05, 0) is 18.6 Å². The number of hydrogen-bond acceptors (Lipinski definition) is 4. The molecule has 1 aromatic carbocycles. The molecule has 112 valence electrons. The van der Waals surface area contributed by atoms with Crippen LogP contribution in [0.4, 0.5) is 0 Å². The predicted octanol–water partition coefficient (Wildman–Crippen LogP) is 3.35. The first-order valence-corrected chi connectivity index (χ1v) is 8.18. The standard InChI is InChI=1S/C16H14N2O2S2/c19-8-4-3-7-18-15(20)14(22-16(18)21)9-11-10-17-13-6-2-1-5-12(11)13/h1-2,5-6,8-10,17H,3-4,7H2/b14-9-. The van der Waals surface area contributed by atoms with Crippen molar-refractivity contribution in [2.75, 3.05) is 6.54 Å². The maximum Gasteiger partial charge on any atom is 0.266 e. The zero-order valence-corrected chi connectivity index (χ0v) is 13.4. The number of aromatic nitrogens is 1. The molecule has 6 heteroatoms. The summed E-state index contributed by atoms with van der Waals surface area (Å²) in [7, 11) is 0. The minimum absolute atomic E-state index is 0.0776. The number of carbonyl (C=O) groups is 2. The van der Waals surface area contributed by atoms with E-state index < -0.39 is 0 Å². The summed E-state index contributed by atoms with van der Waals surface area (Å²) < 4.78 is 0.557. The minimum atomic E-state index is -0.0776. The zero-order chi connectivity index (χ0) is 15.5. The molecule has 2 aromatic rings. The van der Waals surface area contributed by atoms with E-state index in [4.69, 9.17) is 12.2 Å². The number of nitrogens with one attached hydrogen (secondary N) is 1. The van der Waals surface area contributed by atoms with E-state index in [-0.39, 0.29) is 5.91 Å². The molecule has 1 N–H and O–H groups in total. The first-order chi connectivity index (χ1) is 10.7. The van der Waals surface area contributed by atoms with Crippen molar-refractivity contribution in [3.63, 3.8) is 0 Å².